The van der Waals surface area contributed by atoms with Crippen molar-refractivity contribution in [3.63, 3.8) is 0 Å². The third-order valence-electron chi connectivity index (χ3n) is 4.13. The van der Waals surface area contributed by atoms with Crippen LogP contribution in [0.25, 0.3) is 0 Å². The lowest BCUT2D eigenvalue weighted by Gasteiger charge is -2.25. The number of aliphatic hydroxyl groups excluding tert-OH is 1. The van der Waals surface area contributed by atoms with Crippen LogP contribution in [-0.4, -0.2) is 87.1 Å². The van der Waals surface area contributed by atoms with Crippen LogP contribution in [0.4, 0.5) is 0 Å². The van der Waals surface area contributed by atoms with Crippen LogP contribution in [-0.2, 0) is 33.6 Å². The molecule has 0 saturated carbocycles. The zero-order valence-electron chi connectivity index (χ0n) is 17.6. The van der Waals surface area contributed by atoms with Gasteiger partial charge >= 0.3 is 11.9 Å². The highest BCUT2D eigenvalue weighted by molar-refractivity contribution is 5.96. The molecule has 16 heteroatoms. The first-order valence-electron chi connectivity index (χ1n) is 9.51. The van der Waals surface area contributed by atoms with Crippen molar-refractivity contribution < 1.29 is 48.9 Å². The lowest BCUT2D eigenvalue weighted by atomic mass is 10.1. The minimum absolute atomic E-state index is 0.374. The number of hydrogen-bond donors (Lipinski definition) is 9. The van der Waals surface area contributed by atoms with E-state index in [9.17, 15) is 43.8 Å². The number of amides is 5. The van der Waals surface area contributed by atoms with Crippen LogP contribution in [0.1, 0.15) is 32.6 Å². The van der Waals surface area contributed by atoms with Crippen LogP contribution in [0.2, 0.25) is 0 Å². The summed E-state index contributed by atoms with van der Waals surface area (Å²) < 4.78 is 0. The first kappa shape index (κ1) is 29.2. The molecule has 0 aromatic rings. The summed E-state index contributed by atoms with van der Waals surface area (Å²) in [6.07, 6.45) is -3.85. The quantitative estimate of drug-likeness (QED) is 0.108. The predicted octanol–water partition coefficient (Wildman–Crippen LogP) is -5.15. The van der Waals surface area contributed by atoms with E-state index in [0.717, 1.165) is 6.92 Å². The molecular weight excluding hydrogens is 448 g/mol. The van der Waals surface area contributed by atoms with Crippen LogP contribution in [0, 0.1) is 0 Å². The number of carboxylic acid groups (broad SMARTS) is 2. The number of aliphatic carboxylic acids is 2. The lowest BCUT2D eigenvalue weighted by molar-refractivity contribution is -0.143. The smallest absolute Gasteiger partial charge is 0.326 e. The van der Waals surface area contributed by atoms with Gasteiger partial charge in [0.05, 0.1) is 25.0 Å². The highest BCUT2D eigenvalue weighted by Gasteiger charge is 2.33. The Hall–Kier alpha value is -3.79. The normalized spacial score (nSPS) is 15.1. The zero-order chi connectivity index (χ0) is 25.9. The van der Waals surface area contributed by atoms with Gasteiger partial charge in [-0.3, -0.25) is 28.8 Å². The van der Waals surface area contributed by atoms with E-state index in [2.05, 4.69) is 5.32 Å². The predicted molar refractivity (Wildman–Crippen MR) is 108 cm³/mol. The Kier molecular flexibility index (Phi) is 12.0. The average Bonchev–Trinajstić information content (AvgIpc) is 2.66. The van der Waals surface area contributed by atoms with Gasteiger partial charge in [0.2, 0.25) is 29.5 Å². The molecule has 0 spiro atoms. The maximum atomic E-state index is 12.5. The summed E-state index contributed by atoms with van der Waals surface area (Å²) in [5.74, 6) is -8.21. The van der Waals surface area contributed by atoms with E-state index in [4.69, 9.17) is 22.3 Å². The van der Waals surface area contributed by atoms with E-state index in [1.54, 1.807) is 0 Å². The van der Waals surface area contributed by atoms with E-state index in [1.165, 1.54) is 0 Å². The van der Waals surface area contributed by atoms with Gasteiger partial charge in [0.1, 0.15) is 18.1 Å². The molecule has 0 radical (unpaired) electrons. The molecular formula is C17H28N6O10. The molecule has 5 amide bonds. The van der Waals surface area contributed by atoms with Crippen molar-refractivity contribution in [1.29, 1.82) is 0 Å². The van der Waals surface area contributed by atoms with Gasteiger partial charge in [-0.15, -0.1) is 0 Å². The van der Waals surface area contributed by atoms with Gasteiger partial charge in [-0.05, 0) is 13.3 Å². The highest BCUT2D eigenvalue weighted by atomic mass is 16.4. The molecule has 0 aliphatic heterocycles. The summed E-state index contributed by atoms with van der Waals surface area (Å²) in [4.78, 5) is 81.2. The second kappa shape index (κ2) is 13.6. The molecule has 5 unspecified atom stereocenters. The minimum atomic E-state index is -1.72. The maximum Gasteiger partial charge on any atom is 0.326 e. The third kappa shape index (κ3) is 11.4. The SMILES string of the molecule is CC(O)C(NC(=O)C(N)CC(=O)O)C(=O)NC(CC(N)=O)C(=O)NC(CCC(N)=O)C(=O)O. The molecule has 0 aromatic heterocycles. The molecule has 5 atom stereocenters. The lowest BCUT2D eigenvalue weighted by Crippen LogP contribution is -2.60. The molecule has 0 rings (SSSR count). The van der Waals surface area contributed by atoms with E-state index in [-0.39, 0.29) is 12.8 Å². The van der Waals surface area contributed by atoms with Gasteiger partial charge in [0, 0.05) is 6.42 Å². The summed E-state index contributed by atoms with van der Waals surface area (Å²) >= 11 is 0. The molecule has 0 aliphatic rings. The van der Waals surface area contributed by atoms with Crippen molar-refractivity contribution in [1.82, 2.24) is 16.0 Å². The van der Waals surface area contributed by atoms with Gasteiger partial charge < -0.3 is 48.5 Å². The molecule has 16 nitrogen and oxygen atoms in total. The van der Waals surface area contributed by atoms with Crippen molar-refractivity contribution in [2.75, 3.05) is 0 Å². The number of carbonyl (C=O) groups excluding carboxylic acids is 5. The Morgan fingerprint density at radius 2 is 1.33 bits per heavy atom. The summed E-state index contributed by atoms with van der Waals surface area (Å²) in [6, 6.07) is -6.57. The summed E-state index contributed by atoms with van der Waals surface area (Å²) in [6.45, 7) is 1.10. The molecule has 186 valence electrons. The number of carbonyl (C=O) groups is 7. The monoisotopic (exact) mass is 476 g/mol. The Labute approximate surface area is 187 Å². The minimum Gasteiger partial charge on any atom is -0.481 e. The van der Waals surface area contributed by atoms with Crippen LogP contribution in [0.5, 0.6) is 0 Å². The van der Waals surface area contributed by atoms with Crippen LogP contribution in [0.15, 0.2) is 0 Å². The number of carboxylic acids is 2. The number of primary amides is 2. The van der Waals surface area contributed by atoms with E-state index in [0.29, 0.717) is 0 Å². The number of aliphatic hydroxyl groups is 1. The first-order valence-corrected chi connectivity index (χ1v) is 9.51. The van der Waals surface area contributed by atoms with Gasteiger partial charge in [0.25, 0.3) is 0 Å². The number of nitrogens with two attached hydrogens (primary N) is 3. The van der Waals surface area contributed by atoms with E-state index in [1.807, 2.05) is 10.6 Å². The van der Waals surface area contributed by atoms with Crippen molar-refractivity contribution in [3.05, 3.63) is 0 Å². The average molecular weight is 476 g/mol. The standard InChI is InChI=1S/C17H28N6O10/c1-6(24)13(23-14(29)7(18)4-12(27)28)16(31)22-9(5-11(20)26)15(30)21-8(17(32)33)2-3-10(19)25/h6-9,13,24H,2-5,18H2,1H3,(H2,19,25)(H2,20,26)(H,21,30)(H,22,31)(H,23,29)(H,27,28)(H,32,33). The van der Waals surface area contributed by atoms with Crippen molar-refractivity contribution >= 4 is 41.5 Å². The number of hydrogen-bond acceptors (Lipinski definition) is 9. The molecule has 0 saturated heterocycles. The second-order valence-corrected chi connectivity index (χ2v) is 7.07. The molecule has 0 bridgehead atoms. The summed E-state index contributed by atoms with van der Waals surface area (Å²) in [7, 11) is 0. The first-order chi connectivity index (χ1) is 15.1. The summed E-state index contributed by atoms with van der Waals surface area (Å²) in [5.41, 5.74) is 15.4. The van der Waals surface area contributed by atoms with Crippen LogP contribution in [0.3, 0.4) is 0 Å². The van der Waals surface area contributed by atoms with Gasteiger partial charge in [0.15, 0.2) is 0 Å². The number of nitrogens with one attached hydrogen (secondary N) is 3. The Morgan fingerprint density at radius 1 is 0.788 bits per heavy atom. The Morgan fingerprint density at radius 3 is 1.76 bits per heavy atom. The van der Waals surface area contributed by atoms with E-state index < -0.39 is 84.6 Å². The van der Waals surface area contributed by atoms with Crippen LogP contribution >= 0.6 is 0 Å². The Balaban J connectivity index is 5.47. The molecule has 0 aromatic carbocycles. The fraction of sp³-hybridized carbons (Fsp3) is 0.588. The van der Waals surface area contributed by atoms with Crippen LogP contribution < -0.4 is 33.2 Å². The second-order valence-electron chi connectivity index (χ2n) is 7.07. The molecule has 0 fully saturated rings. The summed E-state index contributed by atoms with van der Waals surface area (Å²) in [5, 5.41) is 33.8. The molecule has 0 aliphatic carbocycles. The van der Waals surface area contributed by atoms with Gasteiger partial charge in [-0.1, -0.05) is 0 Å². The highest BCUT2D eigenvalue weighted by Crippen LogP contribution is 2.03. The molecule has 0 heterocycles. The van der Waals surface area contributed by atoms with Crippen molar-refractivity contribution in [3.8, 4) is 0 Å². The maximum absolute atomic E-state index is 12.5. The zero-order valence-corrected chi connectivity index (χ0v) is 17.6. The van der Waals surface area contributed by atoms with Crippen molar-refractivity contribution in [2.24, 2.45) is 17.2 Å². The Bertz CT molecular complexity index is 786. The number of rotatable bonds is 15. The fourth-order valence-corrected chi connectivity index (χ4v) is 2.43. The molecule has 33 heavy (non-hydrogen) atoms. The fourth-order valence-electron chi connectivity index (χ4n) is 2.43. The van der Waals surface area contributed by atoms with Crippen molar-refractivity contribution in [2.45, 2.75) is 62.9 Å². The van der Waals surface area contributed by atoms with Gasteiger partial charge in [-0.25, -0.2) is 4.79 Å². The topological polar surface area (TPSA) is 294 Å². The van der Waals surface area contributed by atoms with Gasteiger partial charge in [-0.2, -0.15) is 0 Å². The largest absolute Gasteiger partial charge is 0.481 e. The van der Waals surface area contributed by atoms with E-state index >= 15 is 0 Å². The third-order valence-corrected chi connectivity index (χ3v) is 4.13. The molecule has 12 N–H and O–H groups in total.